The van der Waals surface area contributed by atoms with E-state index in [1.165, 1.54) is 23.1 Å². The third kappa shape index (κ3) is 4.16. The number of carboxylic acids is 1. The molecule has 1 unspecified atom stereocenters. The van der Waals surface area contributed by atoms with Gasteiger partial charge in [-0.2, -0.15) is 0 Å². The summed E-state index contributed by atoms with van der Waals surface area (Å²) in [4.78, 5) is 35.0. The van der Waals surface area contributed by atoms with Crippen LogP contribution in [0, 0.1) is 10.1 Å². The zero-order valence-corrected chi connectivity index (χ0v) is 12.5. The second-order valence-electron chi connectivity index (χ2n) is 5.20. The topological polar surface area (TPSA) is 122 Å². The van der Waals surface area contributed by atoms with Gasteiger partial charge in [0.1, 0.15) is 5.69 Å². The molecule has 9 heteroatoms. The fraction of sp³-hybridized carbons (Fsp3) is 0.429. The molecule has 1 fully saturated rings. The van der Waals surface area contributed by atoms with Gasteiger partial charge in [0.25, 0.3) is 5.69 Å². The summed E-state index contributed by atoms with van der Waals surface area (Å²) in [6, 6.07) is 6.00. The van der Waals surface area contributed by atoms with Crippen LogP contribution in [0.25, 0.3) is 0 Å². The van der Waals surface area contributed by atoms with E-state index < -0.39 is 17.0 Å². The van der Waals surface area contributed by atoms with E-state index in [1.54, 1.807) is 13.0 Å². The van der Waals surface area contributed by atoms with E-state index in [2.05, 4.69) is 5.32 Å². The second-order valence-corrected chi connectivity index (χ2v) is 5.20. The Morgan fingerprint density at radius 1 is 1.43 bits per heavy atom. The molecule has 0 aromatic heterocycles. The first-order valence-electron chi connectivity index (χ1n) is 7.02. The molecule has 1 aliphatic rings. The number of nitro benzene ring substituents is 1. The minimum atomic E-state index is -1.12. The third-order valence-electron chi connectivity index (χ3n) is 3.42. The molecule has 23 heavy (non-hydrogen) atoms. The number of hydrogen-bond donors (Lipinski definition) is 2. The summed E-state index contributed by atoms with van der Waals surface area (Å²) >= 11 is 0. The van der Waals surface area contributed by atoms with Crippen LogP contribution in [0.4, 0.5) is 11.4 Å². The highest BCUT2D eigenvalue weighted by Gasteiger charge is 2.32. The number of nitrogens with zero attached hydrogens (tertiary/aromatic N) is 2. The largest absolute Gasteiger partial charge is 0.479 e. The van der Waals surface area contributed by atoms with Crippen molar-refractivity contribution in [2.75, 3.05) is 25.0 Å². The molecule has 1 saturated heterocycles. The lowest BCUT2D eigenvalue weighted by Gasteiger charge is -2.35. The highest BCUT2D eigenvalue weighted by molar-refractivity contribution is 5.83. The van der Waals surface area contributed by atoms with Crippen molar-refractivity contribution in [3.8, 4) is 0 Å². The molecule has 0 radical (unpaired) electrons. The molecule has 2 rings (SSSR count). The number of aliphatic carboxylic acids is 1. The number of benzene rings is 1. The Morgan fingerprint density at radius 2 is 2.13 bits per heavy atom. The van der Waals surface area contributed by atoms with Crippen LogP contribution in [0.2, 0.25) is 0 Å². The van der Waals surface area contributed by atoms with Crippen molar-refractivity contribution in [3.63, 3.8) is 0 Å². The van der Waals surface area contributed by atoms with Crippen LogP contribution in [0.15, 0.2) is 24.3 Å². The van der Waals surface area contributed by atoms with Crippen LogP contribution in [0.1, 0.15) is 6.92 Å². The Labute approximate surface area is 132 Å². The van der Waals surface area contributed by atoms with E-state index in [1.807, 2.05) is 0 Å². The quantitative estimate of drug-likeness (QED) is 0.604. The molecular formula is C14H17N3O6. The summed E-state index contributed by atoms with van der Waals surface area (Å²) < 4.78 is 5.24. The predicted octanol–water partition coefficient (Wildman–Crippen LogP) is 0.707. The van der Waals surface area contributed by atoms with Gasteiger partial charge in [-0.05, 0) is 13.0 Å². The number of para-hydroxylation sites is 2. The van der Waals surface area contributed by atoms with Gasteiger partial charge < -0.3 is 20.1 Å². The molecule has 1 heterocycles. The van der Waals surface area contributed by atoms with Crippen molar-refractivity contribution in [2.24, 2.45) is 0 Å². The van der Waals surface area contributed by atoms with Crippen LogP contribution in [0.5, 0.6) is 0 Å². The van der Waals surface area contributed by atoms with E-state index >= 15 is 0 Å². The minimum Gasteiger partial charge on any atom is -0.479 e. The Kier molecular flexibility index (Phi) is 5.12. The van der Waals surface area contributed by atoms with E-state index in [4.69, 9.17) is 9.84 Å². The van der Waals surface area contributed by atoms with Crippen molar-refractivity contribution >= 4 is 23.3 Å². The number of carbonyl (C=O) groups excluding carboxylic acids is 1. The van der Waals surface area contributed by atoms with Gasteiger partial charge >= 0.3 is 5.97 Å². The summed E-state index contributed by atoms with van der Waals surface area (Å²) in [7, 11) is 0. The summed E-state index contributed by atoms with van der Waals surface area (Å²) in [5, 5.41) is 22.7. The summed E-state index contributed by atoms with van der Waals surface area (Å²) in [5.74, 6) is -1.47. The van der Waals surface area contributed by atoms with Crippen LogP contribution < -0.4 is 5.32 Å². The first-order chi connectivity index (χ1) is 10.9. The molecule has 1 aliphatic heterocycles. The molecule has 2 N–H and O–H groups in total. The van der Waals surface area contributed by atoms with Gasteiger partial charge in [-0.25, -0.2) is 4.79 Å². The molecule has 2 atom stereocenters. The monoisotopic (exact) mass is 323 g/mol. The third-order valence-corrected chi connectivity index (χ3v) is 3.42. The van der Waals surface area contributed by atoms with Gasteiger partial charge in [-0.15, -0.1) is 0 Å². The molecule has 1 aromatic carbocycles. The maximum Gasteiger partial charge on any atom is 0.334 e. The van der Waals surface area contributed by atoms with E-state index in [-0.39, 0.29) is 43.0 Å². The van der Waals surface area contributed by atoms with Gasteiger partial charge in [0, 0.05) is 12.6 Å². The number of nitrogens with one attached hydrogen (secondary N) is 1. The SMILES string of the molecule is C[C@@H]1CN(C(=O)CNc2ccccc2[N+](=O)[O-])CC(C(=O)O)O1. The minimum absolute atomic E-state index is 0.0446. The standard InChI is InChI=1S/C14H17N3O6/c1-9-7-16(8-12(23-9)14(19)20)13(18)6-15-10-4-2-3-5-11(10)17(21)22/h2-5,9,12,15H,6-8H2,1H3,(H,19,20)/t9-,12?/m1/s1. The molecule has 0 aliphatic carbocycles. The lowest BCUT2D eigenvalue weighted by atomic mass is 10.2. The molecule has 0 saturated carbocycles. The van der Waals surface area contributed by atoms with Gasteiger partial charge in [0.15, 0.2) is 6.10 Å². The van der Waals surface area contributed by atoms with E-state index in [0.717, 1.165) is 0 Å². The fourth-order valence-corrected chi connectivity index (χ4v) is 2.36. The first kappa shape index (κ1) is 16.7. The number of morpholine rings is 1. The smallest absolute Gasteiger partial charge is 0.334 e. The average Bonchev–Trinajstić information content (AvgIpc) is 2.52. The lowest BCUT2D eigenvalue weighted by Crippen LogP contribution is -2.53. The second kappa shape index (κ2) is 7.05. The van der Waals surface area contributed by atoms with Crippen molar-refractivity contribution in [1.82, 2.24) is 4.90 Å². The maximum absolute atomic E-state index is 12.2. The number of anilines is 1. The molecule has 0 bridgehead atoms. The van der Waals surface area contributed by atoms with Gasteiger partial charge in [-0.3, -0.25) is 14.9 Å². The van der Waals surface area contributed by atoms with Crippen LogP contribution in [-0.4, -0.2) is 58.6 Å². The summed E-state index contributed by atoms with van der Waals surface area (Å²) in [6.07, 6.45) is -1.45. The number of carboxylic acid groups (broad SMARTS) is 1. The van der Waals surface area contributed by atoms with Gasteiger partial charge in [-0.1, -0.05) is 12.1 Å². The lowest BCUT2D eigenvalue weighted by molar-refractivity contribution is -0.383. The molecular weight excluding hydrogens is 306 g/mol. The Bertz CT molecular complexity index is 620. The number of amides is 1. The fourth-order valence-electron chi connectivity index (χ4n) is 2.36. The highest BCUT2D eigenvalue weighted by Crippen LogP contribution is 2.23. The zero-order valence-electron chi connectivity index (χ0n) is 12.5. The molecule has 124 valence electrons. The van der Waals surface area contributed by atoms with E-state index in [0.29, 0.717) is 0 Å². The molecule has 9 nitrogen and oxygen atoms in total. The van der Waals surface area contributed by atoms with Gasteiger partial charge in [0.2, 0.25) is 5.91 Å². The van der Waals surface area contributed by atoms with Crippen molar-refractivity contribution in [1.29, 1.82) is 0 Å². The van der Waals surface area contributed by atoms with Crippen LogP contribution >= 0.6 is 0 Å². The zero-order chi connectivity index (χ0) is 17.0. The maximum atomic E-state index is 12.2. The summed E-state index contributed by atoms with van der Waals surface area (Å²) in [6.45, 7) is 1.76. The molecule has 1 aromatic rings. The van der Waals surface area contributed by atoms with Crippen molar-refractivity contribution in [3.05, 3.63) is 34.4 Å². The highest BCUT2D eigenvalue weighted by atomic mass is 16.6. The molecule has 1 amide bonds. The number of hydrogen-bond acceptors (Lipinski definition) is 6. The Hall–Kier alpha value is -2.68. The number of rotatable bonds is 5. The van der Waals surface area contributed by atoms with Crippen LogP contribution in [-0.2, 0) is 14.3 Å². The Morgan fingerprint density at radius 3 is 2.78 bits per heavy atom. The number of carbonyl (C=O) groups is 2. The normalized spacial score (nSPS) is 20.8. The van der Waals surface area contributed by atoms with Crippen LogP contribution in [0.3, 0.4) is 0 Å². The van der Waals surface area contributed by atoms with E-state index in [9.17, 15) is 19.7 Å². The van der Waals surface area contributed by atoms with Gasteiger partial charge in [0.05, 0.1) is 24.1 Å². The van der Waals surface area contributed by atoms with Crippen molar-refractivity contribution < 1.29 is 24.4 Å². The first-order valence-corrected chi connectivity index (χ1v) is 7.02. The molecule has 0 spiro atoms. The average molecular weight is 323 g/mol. The number of nitro groups is 1. The summed E-state index contributed by atoms with van der Waals surface area (Å²) in [5.41, 5.74) is 0.112. The predicted molar refractivity (Wildman–Crippen MR) is 80.1 cm³/mol. The van der Waals surface area contributed by atoms with Crippen molar-refractivity contribution in [2.45, 2.75) is 19.1 Å². The Balaban J connectivity index is 1.99. The number of ether oxygens (including phenoxy) is 1.